The van der Waals surface area contributed by atoms with Gasteiger partial charge in [-0.05, 0) is 32.4 Å². The summed E-state index contributed by atoms with van der Waals surface area (Å²) in [5, 5.41) is 0. The van der Waals surface area contributed by atoms with Crippen molar-refractivity contribution >= 4 is 5.97 Å². The summed E-state index contributed by atoms with van der Waals surface area (Å²) in [5.74, 6) is -0.203. The van der Waals surface area contributed by atoms with Crippen LogP contribution in [0.5, 0.6) is 0 Å². The van der Waals surface area contributed by atoms with Gasteiger partial charge in [0.2, 0.25) is 0 Å². The van der Waals surface area contributed by atoms with Crippen LogP contribution in [0, 0.1) is 13.8 Å². The van der Waals surface area contributed by atoms with Crippen LogP contribution in [0.1, 0.15) is 37.6 Å². The van der Waals surface area contributed by atoms with E-state index >= 15 is 0 Å². The molecule has 1 aromatic rings. The number of nitrogens with zero attached hydrogens (tertiary/aromatic N) is 1. The highest BCUT2D eigenvalue weighted by atomic mass is 16.5. The zero-order valence-corrected chi connectivity index (χ0v) is 11.1. The highest BCUT2D eigenvalue weighted by Gasteiger charge is 2.19. The van der Waals surface area contributed by atoms with E-state index in [1.54, 1.807) is 0 Å². The second-order valence-corrected chi connectivity index (χ2v) is 4.30. The van der Waals surface area contributed by atoms with E-state index in [2.05, 4.69) is 12.3 Å². The summed E-state index contributed by atoms with van der Waals surface area (Å²) in [6.07, 6.45) is 2.87. The van der Waals surface area contributed by atoms with Gasteiger partial charge < -0.3 is 10.2 Å². The Morgan fingerprint density at radius 2 is 2.00 bits per heavy atom. The average Bonchev–Trinajstić information content (AvgIpc) is 2.64. The van der Waals surface area contributed by atoms with E-state index < -0.39 is 0 Å². The molecule has 0 aliphatic carbocycles. The fourth-order valence-electron chi connectivity index (χ4n) is 1.81. The Hall–Kier alpha value is -1.45. The van der Waals surface area contributed by atoms with Crippen molar-refractivity contribution in [1.82, 2.24) is 4.68 Å². The van der Waals surface area contributed by atoms with Gasteiger partial charge in [-0.2, -0.15) is 0 Å². The lowest BCUT2D eigenvalue weighted by molar-refractivity contribution is -0.142. The van der Waals surface area contributed by atoms with E-state index in [1.165, 1.54) is 7.11 Å². The van der Waals surface area contributed by atoms with E-state index in [0.29, 0.717) is 0 Å². The molecule has 0 saturated heterocycles. The largest absolute Gasteiger partial charge is 0.467 e. The molecule has 0 spiro atoms. The van der Waals surface area contributed by atoms with E-state index in [9.17, 15) is 4.79 Å². The van der Waals surface area contributed by atoms with Gasteiger partial charge in [-0.1, -0.05) is 19.8 Å². The third kappa shape index (κ3) is 3.51. The molecule has 17 heavy (non-hydrogen) atoms. The van der Waals surface area contributed by atoms with Gasteiger partial charge in [0.15, 0.2) is 0 Å². The van der Waals surface area contributed by atoms with Crippen molar-refractivity contribution in [2.45, 2.75) is 46.1 Å². The fourth-order valence-corrected chi connectivity index (χ4v) is 1.81. The zero-order chi connectivity index (χ0) is 12.8. The third-order valence-electron chi connectivity index (χ3n) is 2.89. The van der Waals surface area contributed by atoms with Crippen LogP contribution in [0.3, 0.4) is 0 Å². The van der Waals surface area contributed by atoms with E-state index in [4.69, 9.17) is 4.74 Å². The summed E-state index contributed by atoms with van der Waals surface area (Å²) in [5.41, 5.74) is 5.40. The maximum absolute atomic E-state index is 11.7. The van der Waals surface area contributed by atoms with Gasteiger partial charge in [-0.3, -0.25) is 4.68 Å². The minimum Gasteiger partial charge on any atom is -0.467 e. The zero-order valence-electron chi connectivity index (χ0n) is 11.1. The topological polar surface area (TPSA) is 43.3 Å². The standard InChI is InChI=1S/C13H22N2O2/c1-5-6-7-12(13(16)17-4)14-15-10(2)8-9-11(15)3/h8-9,12,14H,5-7H2,1-4H3. The average molecular weight is 238 g/mol. The number of carbonyl (C=O) groups excluding carboxylic acids is 1. The van der Waals surface area contributed by atoms with Gasteiger partial charge in [0.05, 0.1) is 7.11 Å². The van der Waals surface area contributed by atoms with E-state index in [1.807, 2.05) is 30.7 Å². The lowest BCUT2D eigenvalue weighted by atomic mass is 10.1. The first kappa shape index (κ1) is 13.6. The summed E-state index contributed by atoms with van der Waals surface area (Å²) in [4.78, 5) is 11.7. The van der Waals surface area contributed by atoms with Crippen molar-refractivity contribution < 1.29 is 9.53 Å². The van der Waals surface area contributed by atoms with Crippen LogP contribution < -0.4 is 5.43 Å². The maximum atomic E-state index is 11.7. The van der Waals surface area contributed by atoms with Crippen molar-refractivity contribution in [3.05, 3.63) is 23.5 Å². The summed E-state index contributed by atoms with van der Waals surface area (Å²) in [6.45, 7) is 6.13. The summed E-state index contributed by atoms with van der Waals surface area (Å²) in [7, 11) is 1.43. The number of unbranched alkanes of at least 4 members (excludes halogenated alkanes) is 1. The Bertz CT molecular complexity index is 352. The molecule has 4 heteroatoms. The summed E-state index contributed by atoms with van der Waals surface area (Å²) < 4.78 is 6.76. The van der Waals surface area contributed by atoms with Crippen LogP contribution in [-0.2, 0) is 9.53 Å². The number of aromatic nitrogens is 1. The summed E-state index contributed by atoms with van der Waals surface area (Å²) in [6, 6.07) is 3.78. The van der Waals surface area contributed by atoms with Crippen molar-refractivity contribution in [2.24, 2.45) is 0 Å². The number of nitrogens with one attached hydrogen (secondary N) is 1. The number of hydrogen-bond acceptors (Lipinski definition) is 3. The first-order valence-electron chi connectivity index (χ1n) is 6.09. The molecular formula is C13H22N2O2. The Morgan fingerprint density at radius 3 is 2.47 bits per heavy atom. The lowest BCUT2D eigenvalue weighted by Crippen LogP contribution is -2.37. The van der Waals surface area contributed by atoms with Crippen molar-refractivity contribution in [3.63, 3.8) is 0 Å². The van der Waals surface area contributed by atoms with Gasteiger partial charge in [-0.25, -0.2) is 4.79 Å². The molecule has 0 bridgehead atoms. The van der Waals surface area contributed by atoms with Gasteiger partial charge in [0.1, 0.15) is 6.04 Å². The number of ether oxygens (including phenoxy) is 1. The number of methoxy groups -OCH3 is 1. The Kier molecular flexibility index (Phi) is 5.07. The smallest absolute Gasteiger partial charge is 0.329 e. The van der Waals surface area contributed by atoms with Crippen LogP contribution in [0.15, 0.2) is 12.1 Å². The van der Waals surface area contributed by atoms with Gasteiger partial charge in [0, 0.05) is 11.4 Å². The second-order valence-electron chi connectivity index (χ2n) is 4.30. The van der Waals surface area contributed by atoms with Gasteiger partial charge in [0.25, 0.3) is 0 Å². The minimum atomic E-state index is -0.273. The molecule has 0 fully saturated rings. The molecule has 1 N–H and O–H groups in total. The summed E-state index contributed by atoms with van der Waals surface area (Å²) >= 11 is 0. The number of esters is 1. The first-order chi connectivity index (χ1) is 8.10. The molecule has 4 nitrogen and oxygen atoms in total. The highest BCUT2D eigenvalue weighted by Crippen LogP contribution is 2.09. The maximum Gasteiger partial charge on any atom is 0.329 e. The molecule has 0 saturated carbocycles. The predicted octanol–water partition coefficient (Wildman–Crippen LogP) is 2.38. The number of aryl methyl sites for hydroxylation is 2. The van der Waals surface area contributed by atoms with Crippen LogP contribution in [0.2, 0.25) is 0 Å². The predicted molar refractivity (Wildman–Crippen MR) is 68.6 cm³/mol. The van der Waals surface area contributed by atoms with Gasteiger partial charge >= 0.3 is 5.97 Å². The fraction of sp³-hybridized carbons (Fsp3) is 0.615. The van der Waals surface area contributed by atoms with Crippen LogP contribution in [0.4, 0.5) is 0 Å². The second kappa shape index (κ2) is 6.33. The molecule has 1 atom stereocenters. The molecule has 0 aromatic carbocycles. The number of hydrogen-bond donors (Lipinski definition) is 1. The molecule has 1 aromatic heterocycles. The van der Waals surface area contributed by atoms with E-state index in [-0.39, 0.29) is 12.0 Å². The molecule has 0 amide bonds. The third-order valence-corrected chi connectivity index (χ3v) is 2.89. The molecule has 0 aliphatic heterocycles. The van der Waals surface area contributed by atoms with Crippen LogP contribution in [-0.4, -0.2) is 23.8 Å². The van der Waals surface area contributed by atoms with Crippen molar-refractivity contribution in [3.8, 4) is 0 Å². The molecule has 1 unspecified atom stereocenters. The molecule has 96 valence electrons. The molecule has 1 heterocycles. The Morgan fingerprint density at radius 1 is 1.41 bits per heavy atom. The number of rotatable bonds is 6. The number of carbonyl (C=O) groups is 1. The highest BCUT2D eigenvalue weighted by molar-refractivity contribution is 5.77. The van der Waals surface area contributed by atoms with Crippen LogP contribution in [0.25, 0.3) is 0 Å². The SMILES string of the molecule is CCCCC(Nn1c(C)ccc1C)C(=O)OC. The Balaban J connectivity index is 2.75. The quantitative estimate of drug-likeness (QED) is 0.774. The molecular weight excluding hydrogens is 216 g/mol. The Labute approximate surface area is 103 Å². The van der Waals surface area contributed by atoms with Crippen molar-refractivity contribution in [1.29, 1.82) is 0 Å². The van der Waals surface area contributed by atoms with Gasteiger partial charge in [-0.15, -0.1) is 0 Å². The minimum absolute atomic E-state index is 0.203. The van der Waals surface area contributed by atoms with Crippen molar-refractivity contribution in [2.75, 3.05) is 12.5 Å². The first-order valence-corrected chi connectivity index (χ1v) is 6.09. The molecule has 0 radical (unpaired) electrons. The normalized spacial score (nSPS) is 12.2. The lowest BCUT2D eigenvalue weighted by Gasteiger charge is -2.20. The monoisotopic (exact) mass is 238 g/mol. The van der Waals surface area contributed by atoms with E-state index in [0.717, 1.165) is 30.7 Å². The molecule has 0 aliphatic rings. The van der Waals surface area contributed by atoms with Crippen LogP contribution >= 0.6 is 0 Å². The molecule has 1 rings (SSSR count).